The van der Waals surface area contributed by atoms with Gasteiger partial charge in [0.05, 0.1) is 25.9 Å². The summed E-state index contributed by atoms with van der Waals surface area (Å²) in [5.74, 6) is -0.760. The minimum absolute atomic E-state index is 0. The fourth-order valence-electron chi connectivity index (χ4n) is 3.61. The van der Waals surface area contributed by atoms with E-state index in [-0.39, 0.29) is 24.6 Å². The molecule has 0 aliphatic carbocycles. The molecule has 1 aromatic carbocycles. The second-order valence-corrected chi connectivity index (χ2v) is 9.38. The third kappa shape index (κ3) is 7.35. The maximum Gasteiger partial charge on any atom is 0.403 e. The highest BCUT2D eigenvalue weighted by molar-refractivity contribution is 7.50. The Morgan fingerprint density at radius 1 is 1.42 bits per heavy atom. The smallest absolute Gasteiger partial charge is 0.403 e. The number of nitrogens with one attached hydrogen (secondary N) is 2. The summed E-state index contributed by atoms with van der Waals surface area (Å²) in [6, 6.07) is 6.81. The molecule has 0 spiro atoms. The average molecular weight is 525 g/mol. The third-order valence-corrected chi connectivity index (χ3v) is 6.50. The number of aromatic nitrogens is 2. The molecule has 0 radical (unpaired) electrons. The van der Waals surface area contributed by atoms with Crippen molar-refractivity contribution in [2.24, 2.45) is 5.11 Å². The van der Waals surface area contributed by atoms with Crippen LogP contribution in [0.5, 0.6) is 0 Å². The molecule has 16 heteroatoms. The van der Waals surface area contributed by atoms with Crippen LogP contribution in [0.2, 0.25) is 0 Å². The quantitative estimate of drug-likeness (QED) is 0.115. The van der Waals surface area contributed by atoms with E-state index < -0.39 is 56.0 Å². The van der Waals surface area contributed by atoms with Gasteiger partial charge in [-0.05, 0) is 24.4 Å². The molecule has 0 bridgehead atoms. The summed E-state index contributed by atoms with van der Waals surface area (Å²) in [6.45, 7) is 1.02. The van der Waals surface area contributed by atoms with E-state index >= 15 is 0 Å². The van der Waals surface area contributed by atoms with E-state index in [4.69, 9.17) is 19.5 Å². The molecule has 2 aromatic rings. The zero-order chi connectivity index (χ0) is 25.6. The third-order valence-electron chi connectivity index (χ3n) is 5.36. The van der Waals surface area contributed by atoms with Crippen LogP contribution in [0.25, 0.3) is 10.4 Å². The van der Waals surface area contributed by atoms with Crippen molar-refractivity contribution in [2.75, 3.05) is 13.7 Å². The van der Waals surface area contributed by atoms with Crippen LogP contribution in [-0.2, 0) is 29.8 Å². The lowest BCUT2D eigenvalue weighted by atomic mass is 10.1. The van der Waals surface area contributed by atoms with E-state index in [2.05, 4.69) is 20.1 Å². The number of H-pyrrole nitrogens is 1. The van der Waals surface area contributed by atoms with Gasteiger partial charge >= 0.3 is 19.4 Å². The highest BCUT2D eigenvalue weighted by Gasteiger charge is 2.39. The summed E-state index contributed by atoms with van der Waals surface area (Å²) in [6.07, 6.45) is -0.451. The number of aromatic amines is 1. The van der Waals surface area contributed by atoms with Crippen LogP contribution < -0.4 is 22.5 Å². The van der Waals surface area contributed by atoms with Gasteiger partial charge < -0.3 is 20.5 Å². The monoisotopic (exact) mass is 525 g/mol. The number of hydrogen-bond acceptors (Lipinski definition) is 9. The Labute approximate surface area is 205 Å². The minimum Gasteiger partial charge on any atom is -0.468 e. The van der Waals surface area contributed by atoms with Crippen LogP contribution in [-0.4, -0.2) is 52.3 Å². The van der Waals surface area contributed by atoms with E-state index in [1.807, 2.05) is 0 Å². The fraction of sp³-hybridized carbons (Fsp3) is 0.450. The van der Waals surface area contributed by atoms with Crippen LogP contribution in [0.4, 0.5) is 0 Å². The Hall–Kier alpha value is -3.29. The molecule has 3 rings (SSSR count). The molecular weight excluding hydrogens is 497 g/mol. The summed E-state index contributed by atoms with van der Waals surface area (Å²) in [5, 5.41) is 5.92. The van der Waals surface area contributed by atoms with Crippen LogP contribution in [0.15, 0.2) is 51.2 Å². The van der Waals surface area contributed by atoms with Gasteiger partial charge in [0.25, 0.3) is 5.56 Å². The van der Waals surface area contributed by atoms with Gasteiger partial charge in [0, 0.05) is 23.1 Å². The van der Waals surface area contributed by atoms with Gasteiger partial charge in [-0.15, -0.1) is 0 Å². The molecule has 1 aliphatic rings. The zero-order valence-corrected chi connectivity index (χ0v) is 20.5. The van der Waals surface area contributed by atoms with Crippen molar-refractivity contribution in [3.8, 4) is 0 Å². The predicted molar refractivity (Wildman–Crippen MR) is 127 cm³/mol. The Balaban J connectivity index is 0.00000456. The summed E-state index contributed by atoms with van der Waals surface area (Å²) >= 11 is 0. The maximum absolute atomic E-state index is 12.7. The first kappa shape index (κ1) is 28.9. The summed E-state index contributed by atoms with van der Waals surface area (Å²) in [5.41, 5.74) is 8.62. The fourth-order valence-corrected chi connectivity index (χ4v) is 4.62. The molecule has 196 valence electrons. The molecule has 5 atom stereocenters. The Morgan fingerprint density at radius 2 is 2.11 bits per heavy atom. The molecule has 6 N–H and O–H groups in total. The van der Waals surface area contributed by atoms with Crippen LogP contribution in [0.3, 0.4) is 0 Å². The standard InChI is InChI=1S/C20H25N6O8P.H3N/c1-12-10-26(20(29)22-18(12)27)17-9-14(23-25-21)16(34-17)11-33-35(30,31)24-15(19(28)32-2)8-13-6-4-3-5-7-13;/h3-7,10,14-17H,8-9,11H2,1-2H3,(H,22,27,29)(H2,24,30,31);1H3/t14-,15?,16+,17+;/m1./s1. The number of ether oxygens (including phenoxy) is 2. The molecule has 36 heavy (non-hydrogen) atoms. The van der Waals surface area contributed by atoms with Gasteiger partial charge in [0.2, 0.25) is 0 Å². The van der Waals surface area contributed by atoms with Crippen molar-refractivity contribution < 1.29 is 28.3 Å². The Bertz CT molecular complexity index is 1260. The van der Waals surface area contributed by atoms with Crippen molar-refractivity contribution in [1.82, 2.24) is 20.8 Å². The minimum atomic E-state index is -4.55. The van der Waals surface area contributed by atoms with Gasteiger partial charge in [-0.25, -0.2) is 14.4 Å². The second kappa shape index (κ2) is 12.6. The van der Waals surface area contributed by atoms with Gasteiger partial charge in [-0.1, -0.05) is 35.4 Å². The van der Waals surface area contributed by atoms with Crippen molar-refractivity contribution in [1.29, 1.82) is 0 Å². The molecule has 1 aliphatic heterocycles. The lowest BCUT2D eigenvalue weighted by Gasteiger charge is -2.22. The van der Waals surface area contributed by atoms with E-state index in [0.29, 0.717) is 0 Å². The number of azide groups is 1. The highest BCUT2D eigenvalue weighted by Crippen LogP contribution is 2.40. The molecule has 1 fully saturated rings. The van der Waals surface area contributed by atoms with Crippen molar-refractivity contribution in [2.45, 2.75) is 44.2 Å². The lowest BCUT2D eigenvalue weighted by molar-refractivity contribution is -0.142. The first-order chi connectivity index (χ1) is 16.6. The van der Waals surface area contributed by atoms with Gasteiger partial charge in [-0.3, -0.25) is 23.7 Å². The van der Waals surface area contributed by atoms with E-state index in [1.165, 1.54) is 13.1 Å². The Kier molecular flexibility index (Phi) is 10.1. The second-order valence-electron chi connectivity index (χ2n) is 7.83. The largest absolute Gasteiger partial charge is 0.468 e. The van der Waals surface area contributed by atoms with Crippen molar-refractivity contribution >= 4 is 13.7 Å². The summed E-state index contributed by atoms with van der Waals surface area (Å²) < 4.78 is 29.5. The normalized spacial score (nSPS) is 21.5. The average Bonchev–Trinajstić information content (AvgIpc) is 3.22. The number of esters is 1. The van der Waals surface area contributed by atoms with E-state index in [1.54, 1.807) is 30.3 Å². The van der Waals surface area contributed by atoms with E-state index in [9.17, 15) is 23.8 Å². The number of hydrogen-bond donors (Lipinski definition) is 4. The van der Waals surface area contributed by atoms with Crippen molar-refractivity contribution in [3.63, 3.8) is 0 Å². The van der Waals surface area contributed by atoms with Gasteiger partial charge in [-0.2, -0.15) is 0 Å². The topological polar surface area (TPSA) is 233 Å². The van der Waals surface area contributed by atoms with Gasteiger partial charge in [0.15, 0.2) is 0 Å². The first-order valence-corrected chi connectivity index (χ1v) is 12.1. The summed E-state index contributed by atoms with van der Waals surface area (Å²) in [4.78, 5) is 51.2. The number of aryl methyl sites for hydroxylation is 1. The molecule has 0 saturated carbocycles. The van der Waals surface area contributed by atoms with Gasteiger partial charge in [0.1, 0.15) is 12.3 Å². The lowest BCUT2D eigenvalue weighted by Crippen LogP contribution is -2.38. The molecule has 15 nitrogen and oxygen atoms in total. The zero-order valence-electron chi connectivity index (χ0n) is 19.6. The molecular formula is C20H28N7O8P. The number of methoxy groups -OCH3 is 1. The van der Waals surface area contributed by atoms with E-state index in [0.717, 1.165) is 17.2 Å². The van der Waals surface area contributed by atoms with Crippen LogP contribution in [0.1, 0.15) is 23.8 Å². The molecule has 2 unspecified atom stereocenters. The number of carbonyl (C=O) groups excluding carboxylic acids is 1. The molecule has 2 heterocycles. The van der Waals surface area contributed by atoms with Crippen LogP contribution >= 0.6 is 7.75 Å². The van der Waals surface area contributed by atoms with Crippen LogP contribution in [0, 0.1) is 6.92 Å². The highest BCUT2D eigenvalue weighted by atomic mass is 31.2. The molecule has 0 amide bonds. The molecule has 1 saturated heterocycles. The van der Waals surface area contributed by atoms with Crippen molar-refractivity contribution in [3.05, 3.63) is 78.9 Å². The SMILES string of the molecule is COC(=O)C(Cc1ccccc1)NP(=O)(O)OC[C@@H]1O[C@H](n2cc(C)c(=O)[nH]c2=O)C[C@H]1N=[N+]=[N-].N. The molecule has 1 aromatic heterocycles. The number of nitrogens with zero attached hydrogens (tertiary/aromatic N) is 4. The predicted octanol–water partition coefficient (Wildman–Crippen LogP) is 1.46. The first-order valence-electron chi connectivity index (χ1n) is 10.5. The summed E-state index contributed by atoms with van der Waals surface area (Å²) in [7, 11) is -3.39. The maximum atomic E-state index is 12.7. The Morgan fingerprint density at radius 3 is 2.75 bits per heavy atom. The number of benzene rings is 1. The number of rotatable bonds is 10. The number of carbonyl (C=O) groups is 1.